The molecule has 1 aliphatic heterocycles. The van der Waals surface area contributed by atoms with Gasteiger partial charge < -0.3 is 20.1 Å². The number of rotatable bonds is 4. The molecule has 2 rings (SSSR count). The minimum absolute atomic E-state index is 0.182. The van der Waals surface area contributed by atoms with Crippen LogP contribution in [0.25, 0.3) is 0 Å². The molecular weight excluding hydrogens is 300 g/mol. The van der Waals surface area contributed by atoms with Crippen molar-refractivity contribution in [2.24, 2.45) is 0 Å². The highest BCUT2D eigenvalue weighted by atomic mass is 32.1. The molecule has 1 aromatic rings. The highest BCUT2D eigenvalue weighted by Crippen LogP contribution is 2.29. The number of nitrogens with one attached hydrogen (secondary N) is 2. The molecule has 22 heavy (non-hydrogen) atoms. The van der Waals surface area contributed by atoms with E-state index in [0.717, 1.165) is 11.3 Å². The van der Waals surface area contributed by atoms with Crippen molar-refractivity contribution < 1.29 is 14.3 Å². The maximum atomic E-state index is 12.4. The summed E-state index contributed by atoms with van der Waals surface area (Å²) in [5.74, 6) is 0.406. The van der Waals surface area contributed by atoms with Gasteiger partial charge in [0, 0.05) is 5.70 Å². The first-order valence-electron chi connectivity index (χ1n) is 7.05. The van der Waals surface area contributed by atoms with Gasteiger partial charge in [-0.25, -0.2) is 4.79 Å². The van der Waals surface area contributed by atoms with E-state index >= 15 is 0 Å². The zero-order valence-electron chi connectivity index (χ0n) is 13.1. The molecule has 1 heterocycles. The third-order valence-electron chi connectivity index (χ3n) is 3.28. The van der Waals surface area contributed by atoms with Crippen molar-refractivity contribution in [1.82, 2.24) is 10.6 Å². The van der Waals surface area contributed by atoms with Gasteiger partial charge in [-0.05, 0) is 50.7 Å². The Hall–Kier alpha value is -2.08. The Balaban J connectivity index is 2.38. The van der Waals surface area contributed by atoms with Crippen LogP contribution < -0.4 is 15.4 Å². The quantitative estimate of drug-likeness (QED) is 0.656. The van der Waals surface area contributed by atoms with Crippen LogP contribution in [0.3, 0.4) is 0 Å². The summed E-state index contributed by atoms with van der Waals surface area (Å²) >= 11 is 5.20. The van der Waals surface area contributed by atoms with E-state index in [1.54, 1.807) is 7.11 Å². The zero-order valence-corrected chi connectivity index (χ0v) is 13.9. The summed E-state index contributed by atoms with van der Waals surface area (Å²) in [4.78, 5) is 12.4. The summed E-state index contributed by atoms with van der Waals surface area (Å²) in [5, 5.41) is 6.59. The summed E-state index contributed by atoms with van der Waals surface area (Å²) in [6, 6.07) is 7.16. The zero-order chi connectivity index (χ0) is 16.3. The number of ether oxygens (including phenoxy) is 2. The van der Waals surface area contributed by atoms with Crippen molar-refractivity contribution in [3.05, 3.63) is 41.1 Å². The molecule has 1 aromatic carbocycles. The number of esters is 1. The first kappa shape index (κ1) is 16.3. The van der Waals surface area contributed by atoms with Crippen molar-refractivity contribution in [1.29, 1.82) is 0 Å². The molecule has 0 amide bonds. The second kappa shape index (κ2) is 6.79. The molecule has 0 saturated heterocycles. The van der Waals surface area contributed by atoms with Gasteiger partial charge in [-0.15, -0.1) is 0 Å². The van der Waals surface area contributed by atoms with Gasteiger partial charge in [0.25, 0.3) is 0 Å². The molecule has 118 valence electrons. The van der Waals surface area contributed by atoms with E-state index in [-0.39, 0.29) is 18.1 Å². The lowest BCUT2D eigenvalue weighted by Gasteiger charge is -2.30. The number of methoxy groups -OCH3 is 1. The van der Waals surface area contributed by atoms with E-state index in [1.165, 1.54) is 0 Å². The normalized spacial score (nSPS) is 17.9. The highest BCUT2D eigenvalue weighted by molar-refractivity contribution is 7.80. The molecule has 0 aliphatic carbocycles. The lowest BCUT2D eigenvalue weighted by atomic mass is 9.95. The highest BCUT2D eigenvalue weighted by Gasteiger charge is 2.31. The van der Waals surface area contributed by atoms with E-state index in [9.17, 15) is 4.79 Å². The number of hydrogen-bond acceptors (Lipinski definition) is 4. The molecule has 0 saturated carbocycles. The fourth-order valence-electron chi connectivity index (χ4n) is 2.29. The van der Waals surface area contributed by atoms with Crippen LogP contribution in [0.5, 0.6) is 5.75 Å². The van der Waals surface area contributed by atoms with Gasteiger partial charge in [0.15, 0.2) is 5.11 Å². The van der Waals surface area contributed by atoms with Gasteiger partial charge in [-0.1, -0.05) is 12.1 Å². The smallest absolute Gasteiger partial charge is 0.338 e. The summed E-state index contributed by atoms with van der Waals surface area (Å²) in [7, 11) is 1.61. The SMILES string of the molecule is COc1ccc(C2NC(=S)NC(C)=C2C(=O)OC(C)C)cc1. The van der Waals surface area contributed by atoms with Gasteiger partial charge in [-0.3, -0.25) is 0 Å². The molecule has 5 nitrogen and oxygen atoms in total. The van der Waals surface area contributed by atoms with Crippen molar-refractivity contribution in [3.8, 4) is 5.75 Å². The fourth-order valence-corrected chi connectivity index (χ4v) is 2.56. The van der Waals surface area contributed by atoms with E-state index in [0.29, 0.717) is 16.4 Å². The summed E-state index contributed by atoms with van der Waals surface area (Å²) < 4.78 is 10.5. The Morgan fingerprint density at radius 2 is 1.91 bits per heavy atom. The molecule has 0 fully saturated rings. The third-order valence-corrected chi connectivity index (χ3v) is 3.50. The third kappa shape index (κ3) is 3.57. The number of hydrogen-bond donors (Lipinski definition) is 2. The average molecular weight is 320 g/mol. The Kier molecular flexibility index (Phi) is 5.03. The Morgan fingerprint density at radius 1 is 1.27 bits per heavy atom. The Bertz CT molecular complexity index is 608. The number of thiocarbonyl (C=S) groups is 1. The molecule has 2 N–H and O–H groups in total. The number of benzene rings is 1. The van der Waals surface area contributed by atoms with E-state index in [4.69, 9.17) is 21.7 Å². The Morgan fingerprint density at radius 3 is 2.45 bits per heavy atom. The monoisotopic (exact) mass is 320 g/mol. The second-order valence-corrected chi connectivity index (χ2v) is 5.71. The molecule has 1 aliphatic rings. The minimum atomic E-state index is -0.351. The first-order valence-corrected chi connectivity index (χ1v) is 7.46. The average Bonchev–Trinajstić information content (AvgIpc) is 2.45. The standard InChI is InChI=1S/C16H20N2O3S/c1-9(2)21-15(19)13-10(3)17-16(22)18-14(13)11-5-7-12(20-4)8-6-11/h5-9,14H,1-4H3,(H2,17,18,22). The molecule has 1 unspecified atom stereocenters. The van der Waals surface area contributed by atoms with Crippen LogP contribution in [0.1, 0.15) is 32.4 Å². The van der Waals surface area contributed by atoms with Crippen LogP contribution in [0, 0.1) is 0 Å². The largest absolute Gasteiger partial charge is 0.497 e. The number of allylic oxidation sites excluding steroid dienone is 1. The molecule has 0 radical (unpaired) electrons. The van der Waals surface area contributed by atoms with Crippen LogP contribution in [-0.2, 0) is 9.53 Å². The van der Waals surface area contributed by atoms with E-state index < -0.39 is 0 Å². The maximum Gasteiger partial charge on any atom is 0.338 e. The predicted molar refractivity (Wildman–Crippen MR) is 88.5 cm³/mol. The lowest BCUT2D eigenvalue weighted by Crippen LogP contribution is -2.45. The molecular formula is C16H20N2O3S. The number of carbonyl (C=O) groups excluding carboxylic acids is 1. The topological polar surface area (TPSA) is 59.6 Å². The van der Waals surface area contributed by atoms with Crippen LogP contribution in [0.4, 0.5) is 0 Å². The van der Waals surface area contributed by atoms with Crippen LogP contribution in [0.15, 0.2) is 35.5 Å². The van der Waals surface area contributed by atoms with E-state index in [1.807, 2.05) is 45.0 Å². The van der Waals surface area contributed by atoms with Crippen molar-refractivity contribution in [2.75, 3.05) is 7.11 Å². The minimum Gasteiger partial charge on any atom is -0.497 e. The van der Waals surface area contributed by atoms with Crippen molar-refractivity contribution in [2.45, 2.75) is 32.9 Å². The molecule has 0 spiro atoms. The van der Waals surface area contributed by atoms with Gasteiger partial charge in [0.2, 0.25) is 0 Å². The van der Waals surface area contributed by atoms with Gasteiger partial charge >= 0.3 is 5.97 Å². The van der Waals surface area contributed by atoms with Crippen molar-refractivity contribution >= 4 is 23.3 Å². The molecule has 1 atom stereocenters. The summed E-state index contributed by atoms with van der Waals surface area (Å²) in [6.07, 6.45) is -0.182. The molecule has 0 bridgehead atoms. The number of carbonyl (C=O) groups is 1. The second-order valence-electron chi connectivity index (χ2n) is 5.30. The summed E-state index contributed by atoms with van der Waals surface area (Å²) in [6.45, 7) is 5.47. The van der Waals surface area contributed by atoms with Crippen molar-refractivity contribution in [3.63, 3.8) is 0 Å². The maximum absolute atomic E-state index is 12.4. The van der Waals surface area contributed by atoms with Crippen LogP contribution in [0.2, 0.25) is 0 Å². The van der Waals surface area contributed by atoms with Gasteiger partial charge in [-0.2, -0.15) is 0 Å². The first-order chi connectivity index (χ1) is 10.4. The Labute approximate surface area is 135 Å². The lowest BCUT2D eigenvalue weighted by molar-refractivity contribution is -0.143. The molecule has 6 heteroatoms. The summed E-state index contributed by atoms with van der Waals surface area (Å²) in [5.41, 5.74) is 2.15. The van der Waals surface area contributed by atoms with Crippen LogP contribution in [-0.4, -0.2) is 24.3 Å². The fraction of sp³-hybridized carbons (Fsp3) is 0.375. The van der Waals surface area contributed by atoms with Gasteiger partial charge in [0.1, 0.15) is 5.75 Å². The van der Waals surface area contributed by atoms with E-state index in [2.05, 4.69) is 10.6 Å². The predicted octanol–water partition coefficient (Wildman–Crippen LogP) is 2.44. The molecule has 0 aromatic heterocycles. The van der Waals surface area contributed by atoms with Gasteiger partial charge in [0.05, 0.1) is 24.8 Å². The van der Waals surface area contributed by atoms with Crippen LogP contribution >= 0.6 is 12.2 Å².